The van der Waals surface area contributed by atoms with Crippen LogP contribution in [-0.4, -0.2) is 31.9 Å². The molecule has 1 aromatic carbocycles. The highest BCUT2D eigenvalue weighted by atomic mass is 32.2. The van der Waals surface area contributed by atoms with E-state index in [2.05, 4.69) is 6.92 Å². The lowest BCUT2D eigenvalue weighted by Gasteiger charge is -2.35. The molecule has 1 heterocycles. The maximum absolute atomic E-state index is 12.1. The van der Waals surface area contributed by atoms with Crippen LogP contribution in [0.4, 0.5) is 0 Å². The summed E-state index contributed by atoms with van der Waals surface area (Å²) in [5.74, 6) is 0. The van der Waals surface area contributed by atoms with Crippen LogP contribution in [0.1, 0.15) is 18.9 Å². The Hall–Kier alpha value is -0.910. The first-order valence-electron chi connectivity index (χ1n) is 5.88. The van der Waals surface area contributed by atoms with Crippen LogP contribution < -0.4 is 5.73 Å². The minimum absolute atomic E-state index is 0.0101. The summed E-state index contributed by atoms with van der Waals surface area (Å²) in [6.07, 6.45) is 2.04. The van der Waals surface area contributed by atoms with Crippen molar-refractivity contribution in [2.24, 2.45) is 5.73 Å². The maximum Gasteiger partial charge on any atom is 0.243 e. The van der Waals surface area contributed by atoms with E-state index < -0.39 is 10.0 Å². The van der Waals surface area contributed by atoms with Crippen molar-refractivity contribution in [3.63, 3.8) is 0 Å². The highest BCUT2D eigenvalue weighted by Gasteiger charge is 2.34. The fourth-order valence-corrected chi connectivity index (χ4v) is 3.49. The molecule has 0 spiro atoms. The molecular weight excluding hydrogens is 236 g/mol. The molecule has 1 aliphatic heterocycles. The Labute approximate surface area is 102 Å². The molecule has 1 aromatic rings. The predicted molar refractivity (Wildman–Crippen MR) is 67.2 cm³/mol. The number of hydrogen-bond donors (Lipinski definition) is 1. The molecule has 0 atom stereocenters. The number of rotatable bonds is 4. The largest absolute Gasteiger partial charge is 0.325 e. The first kappa shape index (κ1) is 12.5. The maximum atomic E-state index is 12.1. The molecule has 5 heteroatoms. The molecule has 0 bridgehead atoms. The molecule has 4 nitrogen and oxygen atoms in total. The normalized spacial score (nSPS) is 18.0. The topological polar surface area (TPSA) is 63.4 Å². The summed E-state index contributed by atoms with van der Waals surface area (Å²) in [7, 11) is -3.31. The number of hydrogen-bond acceptors (Lipinski definition) is 3. The van der Waals surface area contributed by atoms with E-state index in [1.807, 2.05) is 12.1 Å². The second-order valence-corrected chi connectivity index (χ2v) is 6.41. The summed E-state index contributed by atoms with van der Waals surface area (Å²) in [5.41, 5.74) is 6.77. The molecule has 94 valence electrons. The van der Waals surface area contributed by atoms with Gasteiger partial charge in [0.05, 0.1) is 4.90 Å². The van der Waals surface area contributed by atoms with Crippen LogP contribution in [0.25, 0.3) is 0 Å². The number of sulfonamides is 1. The summed E-state index contributed by atoms with van der Waals surface area (Å²) >= 11 is 0. The van der Waals surface area contributed by atoms with Gasteiger partial charge in [0.2, 0.25) is 10.0 Å². The Morgan fingerprint density at radius 2 is 1.88 bits per heavy atom. The highest BCUT2D eigenvalue weighted by molar-refractivity contribution is 7.89. The molecule has 2 rings (SSSR count). The lowest BCUT2D eigenvalue weighted by atomic mass is 10.1. The molecule has 0 radical (unpaired) electrons. The van der Waals surface area contributed by atoms with Crippen molar-refractivity contribution in [2.75, 3.05) is 13.1 Å². The zero-order chi connectivity index (χ0) is 12.5. The van der Waals surface area contributed by atoms with E-state index in [-0.39, 0.29) is 6.04 Å². The standard InChI is InChI=1S/C12H18N2O2S/c1-2-3-10-4-6-12(7-5-10)17(15,16)14-8-11(13)9-14/h4-7,11H,2-3,8-9,13H2,1H3. The lowest BCUT2D eigenvalue weighted by molar-refractivity contribution is 0.265. The monoisotopic (exact) mass is 254 g/mol. The van der Waals surface area contributed by atoms with Gasteiger partial charge in [-0.1, -0.05) is 25.5 Å². The van der Waals surface area contributed by atoms with Crippen molar-refractivity contribution in [3.05, 3.63) is 29.8 Å². The van der Waals surface area contributed by atoms with E-state index in [0.717, 1.165) is 12.8 Å². The molecule has 2 N–H and O–H groups in total. The number of nitrogens with two attached hydrogens (primary N) is 1. The predicted octanol–water partition coefficient (Wildman–Crippen LogP) is 0.971. The van der Waals surface area contributed by atoms with Crippen LogP contribution in [0, 0.1) is 0 Å². The summed E-state index contributed by atoms with van der Waals surface area (Å²) in [4.78, 5) is 0.365. The first-order valence-corrected chi connectivity index (χ1v) is 7.32. The number of nitrogens with zero attached hydrogens (tertiary/aromatic N) is 1. The van der Waals surface area contributed by atoms with Gasteiger partial charge in [-0.2, -0.15) is 4.31 Å². The third-order valence-electron chi connectivity index (χ3n) is 2.98. The van der Waals surface area contributed by atoms with E-state index in [4.69, 9.17) is 5.73 Å². The van der Waals surface area contributed by atoms with Gasteiger partial charge in [0.1, 0.15) is 0 Å². The molecule has 1 aliphatic rings. The summed E-state index contributed by atoms with van der Waals surface area (Å²) < 4.78 is 25.6. The van der Waals surface area contributed by atoms with Crippen LogP contribution in [0.2, 0.25) is 0 Å². The van der Waals surface area contributed by atoms with Gasteiger partial charge >= 0.3 is 0 Å². The average Bonchev–Trinajstić information content (AvgIpc) is 2.26. The van der Waals surface area contributed by atoms with Crippen molar-refractivity contribution in [1.29, 1.82) is 0 Å². The van der Waals surface area contributed by atoms with Crippen molar-refractivity contribution >= 4 is 10.0 Å². The minimum Gasteiger partial charge on any atom is -0.325 e. The Balaban J connectivity index is 2.16. The molecular formula is C12H18N2O2S. The van der Waals surface area contributed by atoms with Gasteiger partial charge in [0.25, 0.3) is 0 Å². The zero-order valence-electron chi connectivity index (χ0n) is 9.96. The van der Waals surface area contributed by atoms with Crippen molar-refractivity contribution < 1.29 is 8.42 Å². The fraction of sp³-hybridized carbons (Fsp3) is 0.500. The van der Waals surface area contributed by atoms with E-state index >= 15 is 0 Å². The third kappa shape index (κ3) is 2.51. The van der Waals surface area contributed by atoms with Gasteiger partial charge < -0.3 is 5.73 Å². The van der Waals surface area contributed by atoms with Crippen LogP contribution in [0.3, 0.4) is 0 Å². The van der Waals surface area contributed by atoms with E-state index in [9.17, 15) is 8.42 Å². The van der Waals surface area contributed by atoms with Gasteiger partial charge in [-0.05, 0) is 24.1 Å². The van der Waals surface area contributed by atoms with Gasteiger partial charge in [0.15, 0.2) is 0 Å². The van der Waals surface area contributed by atoms with Gasteiger partial charge in [-0.15, -0.1) is 0 Å². The second kappa shape index (κ2) is 4.76. The van der Waals surface area contributed by atoms with E-state index in [0.29, 0.717) is 18.0 Å². The quantitative estimate of drug-likeness (QED) is 0.871. The van der Waals surface area contributed by atoms with Gasteiger partial charge in [0, 0.05) is 19.1 Å². The highest BCUT2D eigenvalue weighted by Crippen LogP contribution is 2.21. The average molecular weight is 254 g/mol. The Kier molecular flexibility index (Phi) is 3.51. The molecule has 1 fully saturated rings. The molecule has 0 saturated carbocycles. The smallest absolute Gasteiger partial charge is 0.243 e. The van der Waals surface area contributed by atoms with Crippen molar-refractivity contribution in [3.8, 4) is 0 Å². The molecule has 0 unspecified atom stereocenters. The van der Waals surface area contributed by atoms with Gasteiger partial charge in [-0.3, -0.25) is 0 Å². The second-order valence-electron chi connectivity index (χ2n) is 4.48. The Morgan fingerprint density at radius 1 is 1.29 bits per heavy atom. The van der Waals surface area contributed by atoms with Gasteiger partial charge in [-0.25, -0.2) is 8.42 Å². The lowest BCUT2D eigenvalue weighted by Crippen LogP contribution is -2.57. The van der Waals surface area contributed by atoms with E-state index in [1.54, 1.807) is 12.1 Å². The fourth-order valence-electron chi connectivity index (χ4n) is 1.93. The molecule has 17 heavy (non-hydrogen) atoms. The summed E-state index contributed by atoms with van der Waals surface area (Å²) in [6, 6.07) is 7.13. The minimum atomic E-state index is -3.31. The Morgan fingerprint density at radius 3 is 2.35 bits per heavy atom. The molecule has 0 amide bonds. The zero-order valence-corrected chi connectivity index (χ0v) is 10.8. The van der Waals surface area contributed by atoms with Crippen LogP contribution in [0.5, 0.6) is 0 Å². The summed E-state index contributed by atoms with van der Waals surface area (Å²) in [6.45, 7) is 2.96. The summed E-state index contributed by atoms with van der Waals surface area (Å²) in [5, 5.41) is 0. The SMILES string of the molecule is CCCc1ccc(S(=O)(=O)N2CC(N)C2)cc1. The number of benzene rings is 1. The van der Waals surface area contributed by atoms with Crippen LogP contribution >= 0.6 is 0 Å². The molecule has 0 aliphatic carbocycles. The van der Waals surface area contributed by atoms with Crippen molar-refractivity contribution in [1.82, 2.24) is 4.31 Å². The molecule has 0 aromatic heterocycles. The Bertz CT molecular complexity index is 476. The molecule has 1 saturated heterocycles. The first-order chi connectivity index (χ1) is 8.04. The third-order valence-corrected chi connectivity index (χ3v) is 4.82. The van der Waals surface area contributed by atoms with E-state index in [1.165, 1.54) is 9.87 Å². The number of aryl methyl sites for hydroxylation is 1. The van der Waals surface area contributed by atoms with Crippen LogP contribution in [0.15, 0.2) is 29.2 Å². The van der Waals surface area contributed by atoms with Crippen LogP contribution in [-0.2, 0) is 16.4 Å². The van der Waals surface area contributed by atoms with Crippen molar-refractivity contribution in [2.45, 2.75) is 30.7 Å².